The van der Waals surface area contributed by atoms with Gasteiger partial charge in [-0.3, -0.25) is 14.4 Å². The van der Waals surface area contributed by atoms with Crippen LogP contribution in [0.3, 0.4) is 0 Å². The molecule has 9 nitrogen and oxygen atoms in total. The van der Waals surface area contributed by atoms with Gasteiger partial charge in [-0.15, -0.1) is 0 Å². The van der Waals surface area contributed by atoms with Gasteiger partial charge in [-0.1, -0.05) is 43.7 Å². The largest absolute Gasteiger partial charge is 0.493 e. The maximum absolute atomic E-state index is 13.6. The number of nitrogens with one attached hydrogen (secondary N) is 1. The maximum atomic E-state index is 13.6. The van der Waals surface area contributed by atoms with Gasteiger partial charge in [-0.25, -0.2) is 0 Å². The van der Waals surface area contributed by atoms with Gasteiger partial charge in [0.15, 0.2) is 11.5 Å². The molecule has 0 saturated carbocycles. The number of rotatable bonds is 10. The number of carbonyl (C=O) groups is 3. The van der Waals surface area contributed by atoms with Crippen LogP contribution in [0.2, 0.25) is 0 Å². The number of benzene rings is 2. The number of nitrogens with zero attached hydrogens (tertiary/aromatic N) is 1. The number of hydrogen-bond acceptors (Lipinski definition) is 7. The van der Waals surface area contributed by atoms with Crippen LogP contribution in [-0.2, 0) is 16.1 Å². The Morgan fingerprint density at radius 3 is 2.54 bits per heavy atom. The molecule has 0 spiro atoms. The zero-order valence-electron chi connectivity index (χ0n) is 22.7. The van der Waals surface area contributed by atoms with Crippen LogP contribution in [0.15, 0.2) is 48.0 Å². The number of fused-ring (bicyclic) bond motifs is 3. The number of carbonyl (C=O) groups excluding carboxylic acids is 3. The van der Waals surface area contributed by atoms with E-state index < -0.39 is 30.1 Å². The Balaban J connectivity index is 1.82. The van der Waals surface area contributed by atoms with E-state index in [0.717, 1.165) is 11.1 Å². The summed E-state index contributed by atoms with van der Waals surface area (Å²) >= 11 is 0. The second kappa shape index (κ2) is 12.0. The molecular formula is C30H36N2O7. The highest BCUT2D eigenvalue weighted by Gasteiger charge is 2.51. The molecule has 0 saturated heterocycles. The molecule has 2 amide bonds. The molecular weight excluding hydrogens is 500 g/mol. The highest BCUT2D eigenvalue weighted by atomic mass is 16.5. The van der Waals surface area contributed by atoms with Crippen molar-refractivity contribution in [3.63, 3.8) is 0 Å². The molecule has 2 aromatic carbocycles. The van der Waals surface area contributed by atoms with Crippen molar-refractivity contribution in [3.05, 3.63) is 70.3 Å². The van der Waals surface area contributed by atoms with Crippen LogP contribution in [-0.4, -0.2) is 71.7 Å². The van der Waals surface area contributed by atoms with E-state index in [2.05, 4.69) is 5.32 Å². The number of amides is 2. The molecule has 0 fully saturated rings. The zero-order chi connectivity index (χ0) is 28.3. The Bertz CT molecular complexity index is 1250. The number of aliphatic hydroxyl groups is 2. The van der Waals surface area contributed by atoms with Crippen LogP contribution < -0.4 is 14.8 Å². The number of aldehydes is 1. The Kier molecular flexibility index (Phi) is 8.72. The fourth-order valence-electron chi connectivity index (χ4n) is 5.28. The maximum Gasteiger partial charge on any atom is 0.247 e. The summed E-state index contributed by atoms with van der Waals surface area (Å²) in [5, 5.41) is 23.7. The van der Waals surface area contributed by atoms with Gasteiger partial charge < -0.3 is 29.9 Å². The number of methoxy groups -OCH3 is 1. The monoisotopic (exact) mass is 536 g/mol. The fourth-order valence-corrected chi connectivity index (χ4v) is 5.28. The van der Waals surface area contributed by atoms with Gasteiger partial charge in [-0.05, 0) is 36.6 Å². The molecule has 39 heavy (non-hydrogen) atoms. The molecule has 4 atom stereocenters. The number of aliphatic hydroxyl groups excluding tert-OH is 2. The molecule has 4 rings (SSSR count). The SMILES string of the molecule is COc1cc(C=O)cc2c1O[C@@H]1[C@@H](O)[C@H](N(Cc3ccc(C)cc3)C(=O)CC(C)C)C=C(C(=O)NCCO)[C@H]21. The molecule has 1 aliphatic carbocycles. The minimum atomic E-state index is -1.18. The Morgan fingerprint density at radius 2 is 1.92 bits per heavy atom. The van der Waals surface area contributed by atoms with E-state index in [9.17, 15) is 24.6 Å². The molecule has 0 aromatic heterocycles. The summed E-state index contributed by atoms with van der Waals surface area (Å²) in [5.41, 5.74) is 3.15. The predicted octanol–water partition coefficient (Wildman–Crippen LogP) is 2.51. The van der Waals surface area contributed by atoms with Crippen molar-refractivity contribution < 1.29 is 34.1 Å². The average molecular weight is 537 g/mol. The normalized spacial score (nSPS) is 21.4. The van der Waals surface area contributed by atoms with Crippen molar-refractivity contribution in [3.8, 4) is 11.5 Å². The highest BCUT2D eigenvalue weighted by molar-refractivity contribution is 5.96. The van der Waals surface area contributed by atoms with Crippen molar-refractivity contribution in [2.24, 2.45) is 5.92 Å². The average Bonchev–Trinajstić information content (AvgIpc) is 3.31. The smallest absolute Gasteiger partial charge is 0.247 e. The Morgan fingerprint density at radius 1 is 1.21 bits per heavy atom. The van der Waals surface area contributed by atoms with E-state index in [1.54, 1.807) is 17.0 Å². The van der Waals surface area contributed by atoms with Crippen LogP contribution in [0, 0.1) is 12.8 Å². The molecule has 208 valence electrons. The zero-order valence-corrected chi connectivity index (χ0v) is 22.7. The van der Waals surface area contributed by atoms with Gasteiger partial charge in [0.25, 0.3) is 0 Å². The molecule has 0 bridgehead atoms. The van der Waals surface area contributed by atoms with Gasteiger partial charge >= 0.3 is 0 Å². The van der Waals surface area contributed by atoms with Crippen molar-refractivity contribution in [1.82, 2.24) is 10.2 Å². The van der Waals surface area contributed by atoms with Gasteiger partial charge in [0, 0.05) is 36.2 Å². The first-order valence-electron chi connectivity index (χ1n) is 13.2. The van der Waals surface area contributed by atoms with Crippen molar-refractivity contribution in [2.75, 3.05) is 20.3 Å². The third kappa shape index (κ3) is 5.84. The van der Waals surface area contributed by atoms with E-state index in [0.29, 0.717) is 34.5 Å². The van der Waals surface area contributed by atoms with Crippen LogP contribution >= 0.6 is 0 Å². The first-order valence-corrected chi connectivity index (χ1v) is 13.2. The second-order valence-corrected chi connectivity index (χ2v) is 10.5. The van der Waals surface area contributed by atoms with E-state index in [4.69, 9.17) is 9.47 Å². The molecule has 0 radical (unpaired) electrons. The van der Waals surface area contributed by atoms with Gasteiger partial charge in [0.05, 0.1) is 25.7 Å². The lowest BCUT2D eigenvalue weighted by atomic mass is 9.77. The molecule has 1 aliphatic heterocycles. The molecule has 2 aromatic rings. The van der Waals surface area contributed by atoms with Gasteiger partial charge in [0.1, 0.15) is 18.5 Å². The van der Waals surface area contributed by atoms with Gasteiger partial charge in [-0.2, -0.15) is 0 Å². The number of ether oxygens (including phenoxy) is 2. The first-order chi connectivity index (χ1) is 18.7. The van der Waals surface area contributed by atoms with E-state index in [-0.39, 0.29) is 37.9 Å². The quantitative estimate of drug-likeness (QED) is 0.399. The van der Waals surface area contributed by atoms with Crippen LogP contribution in [0.4, 0.5) is 0 Å². The Labute approximate surface area is 228 Å². The molecule has 2 aliphatic rings. The van der Waals surface area contributed by atoms with E-state index >= 15 is 0 Å². The summed E-state index contributed by atoms with van der Waals surface area (Å²) in [6, 6.07) is 10.1. The third-order valence-corrected chi connectivity index (χ3v) is 7.15. The molecule has 9 heteroatoms. The molecule has 0 unspecified atom stereocenters. The fraction of sp³-hybridized carbons (Fsp3) is 0.433. The van der Waals surface area contributed by atoms with Gasteiger partial charge in [0.2, 0.25) is 11.8 Å². The highest BCUT2D eigenvalue weighted by Crippen LogP contribution is 2.51. The summed E-state index contributed by atoms with van der Waals surface area (Å²) < 4.78 is 11.7. The van der Waals surface area contributed by atoms with Crippen molar-refractivity contribution in [1.29, 1.82) is 0 Å². The molecule has 1 heterocycles. The Hall–Kier alpha value is -3.69. The number of hydrogen-bond donors (Lipinski definition) is 3. The minimum Gasteiger partial charge on any atom is -0.493 e. The summed E-state index contributed by atoms with van der Waals surface area (Å²) in [4.78, 5) is 40.2. The lowest BCUT2D eigenvalue weighted by molar-refractivity contribution is -0.138. The van der Waals surface area contributed by atoms with Crippen LogP contribution in [0.5, 0.6) is 11.5 Å². The van der Waals surface area contributed by atoms with Crippen LogP contribution in [0.1, 0.15) is 53.2 Å². The lowest BCUT2D eigenvalue weighted by Crippen LogP contribution is -2.55. The van der Waals surface area contributed by atoms with E-state index in [1.165, 1.54) is 13.2 Å². The molecule has 3 N–H and O–H groups in total. The van der Waals surface area contributed by atoms with Crippen LogP contribution in [0.25, 0.3) is 0 Å². The minimum absolute atomic E-state index is 0.0333. The summed E-state index contributed by atoms with van der Waals surface area (Å²) in [6.07, 6.45) is 0.488. The lowest BCUT2D eigenvalue weighted by Gasteiger charge is -2.41. The summed E-state index contributed by atoms with van der Waals surface area (Å²) in [5.74, 6) is -0.571. The number of aryl methyl sites for hydroxylation is 1. The summed E-state index contributed by atoms with van der Waals surface area (Å²) in [7, 11) is 1.45. The summed E-state index contributed by atoms with van der Waals surface area (Å²) in [6.45, 7) is 5.90. The van der Waals surface area contributed by atoms with Crippen molar-refractivity contribution >= 4 is 18.1 Å². The van der Waals surface area contributed by atoms with Crippen molar-refractivity contribution in [2.45, 2.75) is 57.9 Å². The first kappa shape index (κ1) is 28.3. The predicted molar refractivity (Wildman–Crippen MR) is 145 cm³/mol. The van der Waals surface area contributed by atoms with E-state index in [1.807, 2.05) is 45.0 Å². The second-order valence-electron chi connectivity index (χ2n) is 10.5. The third-order valence-electron chi connectivity index (χ3n) is 7.15. The standard InChI is InChI=1S/C30H36N2O7/c1-17(2)11-25(35)32(15-19-7-5-18(3)6-8-19)23-14-22(30(37)31-9-10-33)26-21-12-20(16-34)13-24(38-4)28(21)39-29(26)27(23)36/h5-8,12-14,16-17,23,26-27,29,33,36H,9-11,15H2,1-4H3,(H,31,37)/t23-,26+,27+,29+/m1/s1. The topological polar surface area (TPSA) is 125 Å².